The minimum absolute atomic E-state index is 0.0732. The van der Waals surface area contributed by atoms with Gasteiger partial charge in [0.25, 0.3) is 0 Å². The van der Waals surface area contributed by atoms with Crippen LogP contribution in [-0.2, 0) is 5.41 Å². The van der Waals surface area contributed by atoms with Gasteiger partial charge in [-0.05, 0) is 30.6 Å². The van der Waals surface area contributed by atoms with E-state index in [2.05, 4.69) is 49.9 Å². The van der Waals surface area contributed by atoms with Crippen LogP contribution in [0.5, 0.6) is 0 Å². The van der Waals surface area contributed by atoms with Gasteiger partial charge < -0.3 is 4.90 Å². The molecular weight excluding hydrogens is 218 g/mol. The van der Waals surface area contributed by atoms with E-state index < -0.39 is 0 Å². The van der Waals surface area contributed by atoms with Gasteiger partial charge in [0.15, 0.2) is 0 Å². The van der Waals surface area contributed by atoms with Crippen molar-refractivity contribution in [2.45, 2.75) is 31.6 Å². The molecule has 1 aromatic rings. The molecule has 1 nitrogen and oxygen atoms in total. The SMILES string of the molecule is CN(C)CC(Cl)c1ccc(C(C)(C)C)cc1. The van der Waals surface area contributed by atoms with Crippen molar-refractivity contribution in [3.63, 3.8) is 0 Å². The predicted molar refractivity (Wildman–Crippen MR) is 72.3 cm³/mol. The van der Waals surface area contributed by atoms with Crippen LogP contribution in [0.25, 0.3) is 0 Å². The van der Waals surface area contributed by atoms with Crippen molar-refractivity contribution in [2.24, 2.45) is 0 Å². The summed E-state index contributed by atoms with van der Waals surface area (Å²) in [5, 5.41) is 0.0732. The van der Waals surface area contributed by atoms with E-state index in [1.807, 2.05) is 14.1 Å². The summed E-state index contributed by atoms with van der Waals surface area (Å²) in [5.74, 6) is 0. The number of benzene rings is 1. The lowest BCUT2D eigenvalue weighted by molar-refractivity contribution is 0.407. The number of halogens is 1. The highest BCUT2D eigenvalue weighted by atomic mass is 35.5. The van der Waals surface area contributed by atoms with Gasteiger partial charge in [0.05, 0.1) is 5.38 Å². The van der Waals surface area contributed by atoms with Crippen LogP contribution in [0.15, 0.2) is 24.3 Å². The average Bonchev–Trinajstić information content (AvgIpc) is 2.15. The van der Waals surface area contributed by atoms with E-state index in [-0.39, 0.29) is 10.8 Å². The molecule has 0 aliphatic rings. The number of nitrogens with zero attached hydrogens (tertiary/aromatic N) is 1. The Kier molecular flexibility index (Phi) is 4.40. The summed E-state index contributed by atoms with van der Waals surface area (Å²) in [4.78, 5) is 2.11. The van der Waals surface area contributed by atoms with E-state index in [1.165, 1.54) is 11.1 Å². The van der Waals surface area contributed by atoms with Crippen molar-refractivity contribution in [3.05, 3.63) is 35.4 Å². The Hall–Kier alpha value is -0.530. The van der Waals surface area contributed by atoms with E-state index >= 15 is 0 Å². The molecule has 0 N–H and O–H groups in total. The normalized spacial score (nSPS) is 14.2. The van der Waals surface area contributed by atoms with Gasteiger partial charge in [-0.1, -0.05) is 45.0 Å². The number of alkyl halides is 1. The van der Waals surface area contributed by atoms with Crippen molar-refractivity contribution in [1.82, 2.24) is 4.90 Å². The highest BCUT2D eigenvalue weighted by molar-refractivity contribution is 6.21. The fourth-order valence-electron chi connectivity index (χ4n) is 1.62. The van der Waals surface area contributed by atoms with Gasteiger partial charge in [-0.25, -0.2) is 0 Å². The largest absolute Gasteiger partial charge is 0.308 e. The van der Waals surface area contributed by atoms with Crippen molar-refractivity contribution < 1.29 is 0 Å². The summed E-state index contributed by atoms with van der Waals surface area (Å²) < 4.78 is 0. The van der Waals surface area contributed by atoms with Crippen molar-refractivity contribution in [2.75, 3.05) is 20.6 Å². The van der Waals surface area contributed by atoms with Crippen LogP contribution in [0, 0.1) is 0 Å². The number of hydrogen-bond donors (Lipinski definition) is 0. The van der Waals surface area contributed by atoms with E-state index in [9.17, 15) is 0 Å². The van der Waals surface area contributed by atoms with E-state index in [1.54, 1.807) is 0 Å². The van der Waals surface area contributed by atoms with Gasteiger partial charge in [-0.15, -0.1) is 11.6 Å². The Bertz CT molecular complexity index is 322. The molecule has 0 bridgehead atoms. The number of likely N-dealkylation sites (N-methyl/N-ethyl adjacent to an activating group) is 1. The summed E-state index contributed by atoms with van der Waals surface area (Å²) in [7, 11) is 4.08. The van der Waals surface area contributed by atoms with E-state index in [0.717, 1.165) is 6.54 Å². The first kappa shape index (κ1) is 13.5. The molecule has 0 amide bonds. The van der Waals surface area contributed by atoms with Crippen LogP contribution >= 0.6 is 11.6 Å². The highest BCUT2D eigenvalue weighted by Crippen LogP contribution is 2.26. The van der Waals surface area contributed by atoms with Gasteiger partial charge in [0, 0.05) is 6.54 Å². The maximum Gasteiger partial charge on any atom is 0.0712 e. The molecule has 0 saturated heterocycles. The molecule has 90 valence electrons. The second-order valence-corrected chi connectivity index (χ2v) is 6.13. The molecule has 0 radical (unpaired) electrons. The molecule has 1 unspecified atom stereocenters. The van der Waals surface area contributed by atoms with Gasteiger partial charge in [0.2, 0.25) is 0 Å². The fourth-order valence-corrected chi connectivity index (χ4v) is 2.04. The first-order valence-corrected chi connectivity index (χ1v) is 6.13. The third-order valence-corrected chi connectivity index (χ3v) is 3.05. The minimum Gasteiger partial charge on any atom is -0.308 e. The van der Waals surface area contributed by atoms with E-state index in [4.69, 9.17) is 11.6 Å². The Morgan fingerprint density at radius 1 is 1.12 bits per heavy atom. The highest BCUT2D eigenvalue weighted by Gasteiger charge is 2.14. The van der Waals surface area contributed by atoms with Crippen molar-refractivity contribution >= 4 is 11.6 Å². The molecule has 0 spiro atoms. The standard InChI is InChI=1S/C14H22ClN/c1-14(2,3)12-8-6-11(7-9-12)13(15)10-16(4)5/h6-9,13H,10H2,1-5H3. The summed E-state index contributed by atoms with van der Waals surface area (Å²) in [6, 6.07) is 8.64. The lowest BCUT2D eigenvalue weighted by Crippen LogP contribution is -2.17. The second kappa shape index (κ2) is 5.20. The molecule has 2 heteroatoms. The van der Waals surface area contributed by atoms with Crippen LogP contribution in [-0.4, -0.2) is 25.5 Å². The average molecular weight is 240 g/mol. The van der Waals surface area contributed by atoms with Crippen molar-refractivity contribution in [3.8, 4) is 0 Å². The summed E-state index contributed by atoms with van der Waals surface area (Å²) in [5.41, 5.74) is 2.76. The summed E-state index contributed by atoms with van der Waals surface area (Å²) in [6.07, 6.45) is 0. The molecule has 0 aliphatic carbocycles. The Morgan fingerprint density at radius 2 is 1.62 bits per heavy atom. The lowest BCUT2D eigenvalue weighted by Gasteiger charge is -2.20. The second-order valence-electron chi connectivity index (χ2n) is 5.60. The third-order valence-electron chi connectivity index (χ3n) is 2.66. The van der Waals surface area contributed by atoms with Gasteiger partial charge in [-0.2, -0.15) is 0 Å². The molecule has 0 heterocycles. The van der Waals surface area contributed by atoms with Crippen LogP contribution in [0.4, 0.5) is 0 Å². The maximum absolute atomic E-state index is 6.33. The maximum atomic E-state index is 6.33. The molecule has 0 fully saturated rings. The fraction of sp³-hybridized carbons (Fsp3) is 0.571. The summed E-state index contributed by atoms with van der Waals surface area (Å²) >= 11 is 6.33. The Morgan fingerprint density at radius 3 is 2.00 bits per heavy atom. The molecule has 1 rings (SSSR count). The zero-order chi connectivity index (χ0) is 12.3. The van der Waals surface area contributed by atoms with Crippen LogP contribution in [0.3, 0.4) is 0 Å². The quantitative estimate of drug-likeness (QED) is 0.725. The molecule has 1 aromatic carbocycles. The molecule has 0 saturated carbocycles. The Balaban J connectivity index is 2.79. The van der Waals surface area contributed by atoms with Crippen LogP contribution in [0.1, 0.15) is 37.3 Å². The van der Waals surface area contributed by atoms with Gasteiger partial charge in [-0.3, -0.25) is 0 Å². The minimum atomic E-state index is 0.0732. The molecule has 16 heavy (non-hydrogen) atoms. The molecule has 0 aliphatic heterocycles. The van der Waals surface area contributed by atoms with Crippen molar-refractivity contribution in [1.29, 1.82) is 0 Å². The zero-order valence-electron chi connectivity index (χ0n) is 10.9. The summed E-state index contributed by atoms with van der Waals surface area (Å²) in [6.45, 7) is 7.54. The lowest BCUT2D eigenvalue weighted by atomic mass is 9.86. The first-order valence-electron chi connectivity index (χ1n) is 5.70. The molecular formula is C14H22ClN. The zero-order valence-corrected chi connectivity index (χ0v) is 11.7. The third kappa shape index (κ3) is 3.80. The molecule has 1 atom stereocenters. The van der Waals surface area contributed by atoms with Gasteiger partial charge in [0.1, 0.15) is 0 Å². The predicted octanol–water partition coefficient (Wildman–Crippen LogP) is 3.83. The smallest absolute Gasteiger partial charge is 0.0712 e. The molecule has 0 aromatic heterocycles. The van der Waals surface area contributed by atoms with Crippen LogP contribution < -0.4 is 0 Å². The van der Waals surface area contributed by atoms with E-state index in [0.29, 0.717) is 0 Å². The Labute approximate surface area is 104 Å². The topological polar surface area (TPSA) is 3.24 Å². The monoisotopic (exact) mass is 239 g/mol. The number of hydrogen-bond acceptors (Lipinski definition) is 1. The van der Waals surface area contributed by atoms with Crippen LogP contribution in [0.2, 0.25) is 0 Å². The first-order chi connectivity index (χ1) is 7.30. The van der Waals surface area contributed by atoms with Gasteiger partial charge >= 0.3 is 0 Å². The number of rotatable bonds is 3.